The molecule has 1 aromatic rings. The molecular formula is C16H23ClN2O2. The SMILES string of the molecule is CC[C@@H]1[C@H]2Cc3ccc([N+](=O)[O-])cc3[C@]1(CC)CCN2.Cl. The van der Waals surface area contributed by atoms with Crippen molar-refractivity contribution >= 4 is 18.1 Å². The van der Waals surface area contributed by atoms with Crippen LogP contribution in [0.3, 0.4) is 0 Å². The predicted octanol–water partition coefficient (Wildman–Crippen LogP) is 3.61. The molecule has 1 aromatic carbocycles. The van der Waals surface area contributed by atoms with E-state index in [1.54, 1.807) is 6.07 Å². The van der Waals surface area contributed by atoms with Crippen molar-refractivity contribution in [3.05, 3.63) is 39.4 Å². The molecule has 116 valence electrons. The predicted molar refractivity (Wildman–Crippen MR) is 86.2 cm³/mol. The topological polar surface area (TPSA) is 55.2 Å². The highest BCUT2D eigenvalue weighted by molar-refractivity contribution is 5.85. The van der Waals surface area contributed by atoms with Gasteiger partial charge in [0.25, 0.3) is 5.69 Å². The van der Waals surface area contributed by atoms with Crippen LogP contribution in [-0.2, 0) is 11.8 Å². The fourth-order valence-corrected chi connectivity index (χ4v) is 4.60. The molecule has 5 heteroatoms. The molecule has 0 unspecified atom stereocenters. The fraction of sp³-hybridized carbons (Fsp3) is 0.625. The Morgan fingerprint density at radius 2 is 2.19 bits per heavy atom. The summed E-state index contributed by atoms with van der Waals surface area (Å²) in [4.78, 5) is 10.8. The number of halogens is 1. The van der Waals surface area contributed by atoms with Crippen molar-refractivity contribution in [2.45, 2.75) is 51.0 Å². The maximum Gasteiger partial charge on any atom is 0.269 e. The minimum absolute atomic E-state index is 0. The fourth-order valence-electron chi connectivity index (χ4n) is 4.60. The van der Waals surface area contributed by atoms with Gasteiger partial charge >= 0.3 is 0 Å². The van der Waals surface area contributed by atoms with E-state index in [9.17, 15) is 10.1 Å². The lowest BCUT2D eigenvalue weighted by Crippen LogP contribution is -2.58. The van der Waals surface area contributed by atoms with Crippen LogP contribution >= 0.6 is 12.4 Å². The maximum atomic E-state index is 11.1. The van der Waals surface area contributed by atoms with E-state index < -0.39 is 0 Å². The molecule has 3 rings (SSSR count). The zero-order chi connectivity index (χ0) is 14.3. The van der Waals surface area contributed by atoms with Gasteiger partial charge in [0.1, 0.15) is 0 Å². The number of fused-ring (bicyclic) bond motifs is 4. The second kappa shape index (κ2) is 5.93. The summed E-state index contributed by atoms with van der Waals surface area (Å²) in [7, 11) is 0. The summed E-state index contributed by atoms with van der Waals surface area (Å²) in [6.07, 6.45) is 4.30. The average Bonchev–Trinajstić information content (AvgIpc) is 2.46. The van der Waals surface area contributed by atoms with Gasteiger partial charge in [-0.2, -0.15) is 0 Å². The molecule has 0 saturated carbocycles. The number of nitrogens with zero attached hydrogens (tertiary/aromatic N) is 1. The van der Waals surface area contributed by atoms with E-state index in [1.807, 2.05) is 12.1 Å². The van der Waals surface area contributed by atoms with Gasteiger partial charge in [-0.3, -0.25) is 10.1 Å². The Balaban J connectivity index is 0.00000161. The largest absolute Gasteiger partial charge is 0.313 e. The number of nitro benzene ring substituents is 1. The van der Waals surface area contributed by atoms with Gasteiger partial charge in [0, 0.05) is 23.6 Å². The molecule has 0 aromatic heterocycles. The van der Waals surface area contributed by atoms with Gasteiger partial charge in [0.05, 0.1) is 4.92 Å². The lowest BCUT2D eigenvalue weighted by Gasteiger charge is -2.53. The van der Waals surface area contributed by atoms with Crippen LogP contribution in [0.4, 0.5) is 5.69 Å². The third-order valence-electron chi connectivity index (χ3n) is 5.52. The molecule has 2 aliphatic rings. The number of benzene rings is 1. The number of piperidine rings is 1. The summed E-state index contributed by atoms with van der Waals surface area (Å²) in [5.41, 5.74) is 2.92. The van der Waals surface area contributed by atoms with Gasteiger partial charge in [-0.05, 0) is 42.9 Å². The van der Waals surface area contributed by atoms with Crippen LogP contribution in [0.15, 0.2) is 18.2 Å². The molecule has 3 atom stereocenters. The Bertz CT molecular complexity index is 549. The zero-order valence-electron chi connectivity index (χ0n) is 12.6. The number of nitro groups is 1. The standard InChI is InChI=1S/C16H22N2O2.ClH/c1-3-13-15-9-11-5-6-12(18(19)20)10-14(11)16(13,4-2)7-8-17-15;/h5-6,10,13,15,17H,3-4,7-9H2,1-2H3;1H/t13-,15-,16-;/m1./s1. The summed E-state index contributed by atoms with van der Waals surface area (Å²) in [5.74, 6) is 0.593. The minimum atomic E-state index is -0.266. The first kappa shape index (κ1) is 16.2. The molecule has 0 spiro atoms. The molecule has 1 saturated heterocycles. The summed E-state index contributed by atoms with van der Waals surface area (Å²) < 4.78 is 0. The Labute approximate surface area is 131 Å². The van der Waals surface area contributed by atoms with Crippen LogP contribution in [0, 0.1) is 16.0 Å². The second-order valence-corrected chi connectivity index (χ2v) is 6.14. The molecule has 21 heavy (non-hydrogen) atoms. The van der Waals surface area contributed by atoms with Crippen LogP contribution in [0.2, 0.25) is 0 Å². The van der Waals surface area contributed by atoms with Gasteiger partial charge in [-0.1, -0.05) is 26.3 Å². The van der Waals surface area contributed by atoms with Gasteiger partial charge in [0.2, 0.25) is 0 Å². The Morgan fingerprint density at radius 1 is 1.43 bits per heavy atom. The van der Waals surface area contributed by atoms with Crippen molar-refractivity contribution < 1.29 is 4.92 Å². The molecule has 1 aliphatic heterocycles. The van der Waals surface area contributed by atoms with Crippen molar-refractivity contribution in [3.63, 3.8) is 0 Å². The first-order valence-corrected chi connectivity index (χ1v) is 7.63. The van der Waals surface area contributed by atoms with Gasteiger partial charge in [-0.15, -0.1) is 12.4 Å². The molecule has 0 amide bonds. The van der Waals surface area contributed by atoms with Crippen molar-refractivity contribution in [3.8, 4) is 0 Å². The van der Waals surface area contributed by atoms with Crippen molar-refractivity contribution in [2.75, 3.05) is 6.54 Å². The van der Waals surface area contributed by atoms with Crippen LogP contribution in [0.25, 0.3) is 0 Å². The molecule has 1 fully saturated rings. The van der Waals surface area contributed by atoms with E-state index in [0.29, 0.717) is 12.0 Å². The van der Waals surface area contributed by atoms with Gasteiger partial charge < -0.3 is 5.32 Å². The highest BCUT2D eigenvalue weighted by Gasteiger charge is 2.49. The first-order chi connectivity index (χ1) is 9.62. The Morgan fingerprint density at radius 3 is 2.81 bits per heavy atom. The Hall–Kier alpha value is -1.13. The normalized spacial score (nSPS) is 30.2. The highest BCUT2D eigenvalue weighted by atomic mass is 35.5. The van der Waals surface area contributed by atoms with Crippen LogP contribution in [0.5, 0.6) is 0 Å². The van der Waals surface area contributed by atoms with Crippen LogP contribution in [-0.4, -0.2) is 17.5 Å². The van der Waals surface area contributed by atoms with E-state index in [1.165, 1.54) is 11.1 Å². The van der Waals surface area contributed by atoms with Gasteiger partial charge in [0.15, 0.2) is 0 Å². The van der Waals surface area contributed by atoms with E-state index in [2.05, 4.69) is 19.2 Å². The lowest BCUT2D eigenvalue weighted by molar-refractivity contribution is -0.385. The van der Waals surface area contributed by atoms with Crippen LogP contribution in [0.1, 0.15) is 44.2 Å². The van der Waals surface area contributed by atoms with Crippen molar-refractivity contribution in [2.24, 2.45) is 5.92 Å². The summed E-state index contributed by atoms with van der Waals surface area (Å²) in [6, 6.07) is 6.01. The third kappa shape index (κ3) is 2.34. The summed E-state index contributed by atoms with van der Waals surface area (Å²) >= 11 is 0. The van der Waals surface area contributed by atoms with Gasteiger partial charge in [-0.25, -0.2) is 0 Å². The van der Waals surface area contributed by atoms with E-state index in [-0.39, 0.29) is 28.4 Å². The molecule has 0 radical (unpaired) electrons. The number of rotatable bonds is 3. The Kier molecular flexibility index (Phi) is 4.59. The molecular weight excluding hydrogens is 288 g/mol. The molecule has 1 heterocycles. The summed E-state index contributed by atoms with van der Waals surface area (Å²) in [6.45, 7) is 5.51. The smallest absolute Gasteiger partial charge is 0.269 e. The summed E-state index contributed by atoms with van der Waals surface area (Å²) in [5, 5.41) is 14.8. The molecule has 1 N–H and O–H groups in total. The van der Waals surface area contributed by atoms with Crippen LogP contribution < -0.4 is 5.32 Å². The average molecular weight is 311 g/mol. The highest BCUT2D eigenvalue weighted by Crippen LogP contribution is 2.50. The van der Waals surface area contributed by atoms with E-state index in [0.717, 1.165) is 32.2 Å². The minimum Gasteiger partial charge on any atom is -0.313 e. The number of hydrogen-bond acceptors (Lipinski definition) is 3. The maximum absolute atomic E-state index is 11.1. The monoisotopic (exact) mass is 310 g/mol. The quantitative estimate of drug-likeness (QED) is 0.685. The number of nitrogens with one attached hydrogen (secondary N) is 1. The number of hydrogen-bond donors (Lipinski definition) is 1. The molecule has 1 aliphatic carbocycles. The second-order valence-electron chi connectivity index (χ2n) is 6.14. The zero-order valence-corrected chi connectivity index (χ0v) is 13.4. The number of non-ortho nitro benzene ring substituents is 1. The third-order valence-corrected chi connectivity index (χ3v) is 5.52. The van der Waals surface area contributed by atoms with E-state index >= 15 is 0 Å². The molecule has 2 bridgehead atoms. The van der Waals surface area contributed by atoms with Crippen molar-refractivity contribution in [1.82, 2.24) is 5.32 Å². The molecule has 4 nitrogen and oxygen atoms in total. The van der Waals surface area contributed by atoms with Crippen molar-refractivity contribution in [1.29, 1.82) is 0 Å². The lowest BCUT2D eigenvalue weighted by atomic mass is 9.56. The first-order valence-electron chi connectivity index (χ1n) is 7.63. The van der Waals surface area contributed by atoms with E-state index in [4.69, 9.17) is 0 Å².